The van der Waals surface area contributed by atoms with Gasteiger partial charge in [0.25, 0.3) is 0 Å². The van der Waals surface area contributed by atoms with Crippen molar-refractivity contribution in [2.75, 3.05) is 6.54 Å². The highest BCUT2D eigenvalue weighted by Crippen LogP contribution is 2.03. The summed E-state index contributed by atoms with van der Waals surface area (Å²) >= 11 is 0. The van der Waals surface area contributed by atoms with E-state index in [0.29, 0.717) is 18.7 Å². The van der Waals surface area contributed by atoms with Crippen molar-refractivity contribution in [2.45, 2.75) is 19.4 Å². The zero-order valence-corrected chi connectivity index (χ0v) is 12.0. The fourth-order valence-electron chi connectivity index (χ4n) is 1.87. The molecule has 0 bridgehead atoms. The molecule has 0 saturated heterocycles. The van der Waals surface area contributed by atoms with Crippen LogP contribution in [0.2, 0.25) is 0 Å². The van der Waals surface area contributed by atoms with E-state index in [4.69, 9.17) is 4.42 Å². The van der Waals surface area contributed by atoms with E-state index in [1.165, 1.54) is 18.4 Å². The summed E-state index contributed by atoms with van der Waals surface area (Å²) in [5.41, 5.74) is 0.920. The Labute approximate surface area is 127 Å². The van der Waals surface area contributed by atoms with Crippen LogP contribution in [0.1, 0.15) is 17.7 Å². The maximum absolute atomic E-state index is 12.7. The van der Waals surface area contributed by atoms with E-state index < -0.39 is 0 Å². The number of amides is 2. The number of carbonyl (C=O) groups excluding carboxylic acids is 2. The monoisotopic (exact) mass is 304 g/mol. The van der Waals surface area contributed by atoms with Gasteiger partial charge in [-0.3, -0.25) is 9.59 Å². The van der Waals surface area contributed by atoms with E-state index in [0.717, 1.165) is 5.56 Å². The molecule has 1 heterocycles. The molecule has 1 aromatic heterocycles. The molecule has 0 aliphatic rings. The Kier molecular flexibility index (Phi) is 5.71. The number of furan rings is 1. The third-order valence-corrected chi connectivity index (χ3v) is 3.01. The van der Waals surface area contributed by atoms with E-state index in [1.807, 2.05) is 0 Å². The van der Waals surface area contributed by atoms with Gasteiger partial charge in [-0.25, -0.2) is 4.39 Å². The van der Waals surface area contributed by atoms with Crippen LogP contribution >= 0.6 is 0 Å². The number of halogens is 1. The van der Waals surface area contributed by atoms with Crippen LogP contribution in [0.3, 0.4) is 0 Å². The lowest BCUT2D eigenvalue weighted by atomic mass is 10.1. The van der Waals surface area contributed by atoms with Gasteiger partial charge < -0.3 is 15.1 Å². The van der Waals surface area contributed by atoms with E-state index in [-0.39, 0.29) is 30.6 Å². The molecule has 0 unspecified atom stereocenters. The average molecular weight is 304 g/mol. The summed E-state index contributed by atoms with van der Waals surface area (Å²) < 4.78 is 17.8. The molecule has 0 radical (unpaired) electrons. The summed E-state index contributed by atoms with van der Waals surface area (Å²) in [5.74, 6) is -0.374. The van der Waals surface area contributed by atoms with Gasteiger partial charge in [-0.15, -0.1) is 0 Å². The van der Waals surface area contributed by atoms with Gasteiger partial charge in [0.2, 0.25) is 11.8 Å². The zero-order chi connectivity index (χ0) is 15.8. The number of carbonyl (C=O) groups is 2. The lowest BCUT2D eigenvalue weighted by molar-refractivity contribution is -0.129. The Hall–Kier alpha value is -2.63. The molecule has 0 aliphatic carbocycles. The minimum atomic E-state index is -0.365. The van der Waals surface area contributed by atoms with Crippen LogP contribution in [0.4, 0.5) is 4.39 Å². The quantitative estimate of drug-likeness (QED) is 0.766. The summed E-state index contributed by atoms with van der Waals surface area (Å²) in [6, 6.07) is 9.54. The fourth-order valence-corrected chi connectivity index (χ4v) is 1.87. The number of rotatable bonds is 7. The van der Waals surface area contributed by atoms with Gasteiger partial charge in [0.1, 0.15) is 18.0 Å². The Balaban J connectivity index is 1.62. The first kappa shape index (κ1) is 15.8. The molecule has 0 spiro atoms. The second kappa shape index (κ2) is 7.97. The van der Waals surface area contributed by atoms with Crippen LogP contribution in [0.15, 0.2) is 47.1 Å². The Bertz CT molecular complexity index is 609. The smallest absolute Gasteiger partial charge is 0.229 e. The minimum Gasteiger partial charge on any atom is -0.467 e. The fraction of sp³-hybridized carbons (Fsp3) is 0.250. The SMILES string of the molecule is O=C(CC(=O)NCc1ccco1)NCCc1ccc(F)cc1. The van der Waals surface area contributed by atoms with Crippen molar-refractivity contribution in [1.82, 2.24) is 10.6 Å². The highest BCUT2D eigenvalue weighted by atomic mass is 19.1. The number of benzene rings is 1. The van der Waals surface area contributed by atoms with Gasteiger partial charge in [0, 0.05) is 6.54 Å². The van der Waals surface area contributed by atoms with Gasteiger partial charge in [-0.1, -0.05) is 12.1 Å². The van der Waals surface area contributed by atoms with E-state index >= 15 is 0 Å². The third kappa shape index (κ3) is 5.40. The second-order valence-corrected chi connectivity index (χ2v) is 4.76. The Morgan fingerprint density at radius 1 is 1.05 bits per heavy atom. The van der Waals surface area contributed by atoms with Gasteiger partial charge in [-0.05, 0) is 36.2 Å². The van der Waals surface area contributed by atoms with Crippen LogP contribution < -0.4 is 10.6 Å². The standard InChI is InChI=1S/C16H17FN2O3/c17-13-5-3-12(4-6-13)7-8-18-15(20)10-16(21)19-11-14-2-1-9-22-14/h1-6,9H,7-8,10-11H2,(H,18,20)(H,19,21). The maximum Gasteiger partial charge on any atom is 0.229 e. The van der Waals surface area contributed by atoms with Crippen molar-refractivity contribution in [1.29, 1.82) is 0 Å². The molecule has 5 nitrogen and oxygen atoms in total. The molecule has 2 amide bonds. The van der Waals surface area contributed by atoms with Gasteiger partial charge in [0.15, 0.2) is 0 Å². The van der Waals surface area contributed by atoms with Gasteiger partial charge in [0.05, 0.1) is 12.8 Å². The molecule has 0 atom stereocenters. The molecule has 116 valence electrons. The first-order valence-electron chi connectivity index (χ1n) is 6.94. The number of nitrogens with one attached hydrogen (secondary N) is 2. The molecule has 2 rings (SSSR count). The molecule has 0 fully saturated rings. The second-order valence-electron chi connectivity index (χ2n) is 4.76. The topological polar surface area (TPSA) is 71.3 Å². The van der Waals surface area contributed by atoms with Crippen LogP contribution in [0, 0.1) is 5.82 Å². The van der Waals surface area contributed by atoms with E-state index in [2.05, 4.69) is 10.6 Å². The number of hydrogen-bond donors (Lipinski definition) is 2. The molecule has 6 heteroatoms. The summed E-state index contributed by atoms with van der Waals surface area (Å²) in [5, 5.41) is 5.25. The van der Waals surface area contributed by atoms with Crippen molar-refractivity contribution in [3.05, 3.63) is 59.8 Å². The van der Waals surface area contributed by atoms with Gasteiger partial charge >= 0.3 is 0 Å². The van der Waals surface area contributed by atoms with Crippen molar-refractivity contribution >= 4 is 11.8 Å². The zero-order valence-electron chi connectivity index (χ0n) is 12.0. The van der Waals surface area contributed by atoms with Crippen LogP contribution in [0.5, 0.6) is 0 Å². The predicted molar refractivity (Wildman–Crippen MR) is 78.3 cm³/mol. The minimum absolute atomic E-state index is 0.232. The van der Waals surface area contributed by atoms with Crippen LogP contribution in [0.25, 0.3) is 0 Å². The average Bonchev–Trinajstić information content (AvgIpc) is 3.00. The maximum atomic E-state index is 12.7. The molecule has 22 heavy (non-hydrogen) atoms. The molecule has 0 aliphatic heterocycles. The number of hydrogen-bond acceptors (Lipinski definition) is 3. The predicted octanol–water partition coefficient (Wildman–Crippen LogP) is 1.78. The molecule has 2 aromatic rings. The van der Waals surface area contributed by atoms with E-state index in [1.54, 1.807) is 24.3 Å². The first-order chi connectivity index (χ1) is 10.6. The summed E-state index contributed by atoms with van der Waals surface area (Å²) in [6.45, 7) is 0.657. The first-order valence-corrected chi connectivity index (χ1v) is 6.94. The van der Waals surface area contributed by atoms with Crippen molar-refractivity contribution in [3.63, 3.8) is 0 Å². The summed E-state index contributed by atoms with van der Waals surface area (Å²) in [6.07, 6.45) is 1.87. The normalized spacial score (nSPS) is 10.2. The largest absolute Gasteiger partial charge is 0.467 e. The summed E-state index contributed by atoms with van der Waals surface area (Å²) in [4.78, 5) is 23.2. The third-order valence-electron chi connectivity index (χ3n) is 3.01. The summed E-state index contributed by atoms with van der Waals surface area (Å²) in [7, 11) is 0. The van der Waals surface area contributed by atoms with Crippen molar-refractivity contribution in [2.24, 2.45) is 0 Å². The molecule has 0 saturated carbocycles. The van der Waals surface area contributed by atoms with Crippen molar-refractivity contribution < 1.29 is 18.4 Å². The lowest BCUT2D eigenvalue weighted by Crippen LogP contribution is -2.32. The lowest BCUT2D eigenvalue weighted by Gasteiger charge is -2.06. The highest BCUT2D eigenvalue weighted by molar-refractivity contribution is 5.96. The molecule has 2 N–H and O–H groups in total. The molecular weight excluding hydrogens is 287 g/mol. The van der Waals surface area contributed by atoms with Gasteiger partial charge in [-0.2, -0.15) is 0 Å². The Morgan fingerprint density at radius 3 is 2.45 bits per heavy atom. The Morgan fingerprint density at radius 2 is 1.77 bits per heavy atom. The molecular formula is C16H17FN2O3. The molecule has 1 aromatic carbocycles. The van der Waals surface area contributed by atoms with E-state index in [9.17, 15) is 14.0 Å². The van der Waals surface area contributed by atoms with Crippen LogP contribution in [-0.4, -0.2) is 18.4 Å². The van der Waals surface area contributed by atoms with Crippen LogP contribution in [-0.2, 0) is 22.6 Å². The van der Waals surface area contributed by atoms with Crippen molar-refractivity contribution in [3.8, 4) is 0 Å². The highest BCUT2D eigenvalue weighted by Gasteiger charge is 2.09.